The largest absolute Gasteiger partial charge is 0.508 e. The van der Waals surface area contributed by atoms with Gasteiger partial charge in [0.1, 0.15) is 11.9 Å². The van der Waals surface area contributed by atoms with Crippen LogP contribution in [0.4, 0.5) is 0 Å². The van der Waals surface area contributed by atoms with Crippen LogP contribution in [0.25, 0.3) is 0 Å². The first kappa shape index (κ1) is 12.7. The minimum atomic E-state index is -0.00130. The van der Waals surface area contributed by atoms with Crippen molar-refractivity contribution in [3.8, 4) is 5.75 Å². The summed E-state index contributed by atoms with van der Waals surface area (Å²) in [6, 6.07) is 7.55. The molecule has 2 aliphatic rings. The molecule has 0 amide bonds. The first-order valence-electron chi connectivity index (χ1n) is 6.71. The lowest BCUT2D eigenvalue weighted by Crippen LogP contribution is -2.38. The van der Waals surface area contributed by atoms with Crippen molar-refractivity contribution in [1.82, 2.24) is 19.6 Å². The van der Waals surface area contributed by atoms with Crippen LogP contribution in [0.1, 0.15) is 11.7 Å². The van der Waals surface area contributed by atoms with Crippen molar-refractivity contribution >= 4 is 0 Å². The topological polar surface area (TPSA) is 33.2 Å². The van der Waals surface area contributed by atoms with E-state index in [2.05, 4.69) is 44.4 Å². The highest BCUT2D eigenvalue weighted by Gasteiger charge is 2.29. The Hall–Kier alpha value is -2.30. The second kappa shape index (κ2) is 5.00. The molecule has 5 nitrogen and oxygen atoms in total. The molecule has 0 unspecified atom stereocenters. The summed E-state index contributed by atoms with van der Waals surface area (Å²) in [4.78, 5) is 8.68. The summed E-state index contributed by atoms with van der Waals surface area (Å²) in [5.74, 6) is 0.336. The van der Waals surface area contributed by atoms with E-state index >= 15 is 0 Å². The van der Waals surface area contributed by atoms with Crippen molar-refractivity contribution < 1.29 is 5.11 Å². The molecule has 0 bridgehead atoms. The molecular weight excluding hydrogens is 252 g/mol. The van der Waals surface area contributed by atoms with Gasteiger partial charge in [-0.1, -0.05) is 18.2 Å². The molecule has 1 aromatic rings. The molecule has 106 valence electrons. The number of aromatic hydroxyl groups is 1. The average molecular weight is 272 g/mol. The summed E-state index contributed by atoms with van der Waals surface area (Å²) < 4.78 is 0. The molecule has 0 aliphatic carbocycles. The summed E-state index contributed by atoms with van der Waals surface area (Å²) in [7, 11) is 4.09. The van der Waals surface area contributed by atoms with Crippen molar-refractivity contribution in [2.75, 3.05) is 27.4 Å². The zero-order valence-electron chi connectivity index (χ0n) is 11.8. The predicted molar refractivity (Wildman–Crippen MR) is 78.1 cm³/mol. The Morgan fingerprint density at radius 2 is 1.45 bits per heavy atom. The average Bonchev–Trinajstić information content (AvgIpc) is 3.02. The molecule has 0 atom stereocenters. The zero-order valence-corrected chi connectivity index (χ0v) is 11.8. The summed E-state index contributed by atoms with van der Waals surface area (Å²) in [6.07, 6.45) is 8.25. The number of para-hydroxylation sites is 1. The van der Waals surface area contributed by atoms with Crippen molar-refractivity contribution in [1.29, 1.82) is 0 Å². The molecule has 3 rings (SSSR count). The van der Waals surface area contributed by atoms with Crippen molar-refractivity contribution in [3.63, 3.8) is 0 Å². The van der Waals surface area contributed by atoms with Crippen molar-refractivity contribution in [2.45, 2.75) is 6.17 Å². The minimum absolute atomic E-state index is 0.00130. The molecule has 0 saturated carbocycles. The Balaban J connectivity index is 1.94. The molecule has 2 heterocycles. The van der Waals surface area contributed by atoms with Crippen LogP contribution in [-0.2, 0) is 0 Å². The van der Waals surface area contributed by atoms with Crippen LogP contribution < -0.4 is 0 Å². The first-order valence-corrected chi connectivity index (χ1v) is 6.71. The van der Waals surface area contributed by atoms with Crippen LogP contribution in [0, 0.1) is 0 Å². The normalized spacial score (nSPS) is 17.9. The van der Waals surface area contributed by atoms with Crippen molar-refractivity contribution in [3.05, 3.63) is 54.6 Å². The molecule has 2 aliphatic heterocycles. The number of hydrogen-bond donors (Lipinski definition) is 1. The van der Waals surface area contributed by atoms with E-state index in [-0.39, 0.29) is 6.17 Å². The van der Waals surface area contributed by atoms with E-state index in [1.165, 1.54) is 0 Å². The minimum Gasteiger partial charge on any atom is -0.508 e. The van der Waals surface area contributed by atoms with Gasteiger partial charge in [0.05, 0.1) is 13.3 Å². The fourth-order valence-corrected chi connectivity index (χ4v) is 2.67. The zero-order chi connectivity index (χ0) is 14.1. The van der Waals surface area contributed by atoms with Crippen LogP contribution in [0.5, 0.6) is 5.75 Å². The van der Waals surface area contributed by atoms with Crippen LogP contribution in [0.2, 0.25) is 0 Å². The first-order chi connectivity index (χ1) is 9.65. The second-order valence-corrected chi connectivity index (χ2v) is 5.35. The van der Waals surface area contributed by atoms with Gasteiger partial charge in [0, 0.05) is 44.5 Å². The smallest absolute Gasteiger partial charge is 0.134 e. The number of nitrogens with zero attached hydrogens (tertiary/aromatic N) is 4. The lowest BCUT2D eigenvalue weighted by atomic mass is 10.1. The fourth-order valence-electron chi connectivity index (χ4n) is 2.67. The van der Waals surface area contributed by atoms with Gasteiger partial charge >= 0.3 is 0 Å². The molecule has 0 saturated heterocycles. The highest BCUT2D eigenvalue weighted by molar-refractivity contribution is 5.35. The van der Waals surface area contributed by atoms with E-state index in [0.717, 1.165) is 18.9 Å². The third kappa shape index (κ3) is 2.27. The number of hydrogen-bond acceptors (Lipinski definition) is 5. The van der Waals surface area contributed by atoms with E-state index in [9.17, 15) is 5.11 Å². The van der Waals surface area contributed by atoms with Gasteiger partial charge in [-0.2, -0.15) is 0 Å². The Bertz CT molecular complexity index is 516. The molecule has 5 heteroatoms. The Kier molecular flexibility index (Phi) is 3.18. The lowest BCUT2D eigenvalue weighted by molar-refractivity contribution is 0.0890. The third-order valence-corrected chi connectivity index (χ3v) is 3.64. The maximum atomic E-state index is 10.2. The Labute approximate surface area is 119 Å². The lowest BCUT2D eigenvalue weighted by Gasteiger charge is -2.36. The van der Waals surface area contributed by atoms with Gasteiger partial charge in [-0.15, -0.1) is 0 Å². The Morgan fingerprint density at radius 1 is 0.900 bits per heavy atom. The van der Waals surface area contributed by atoms with E-state index in [1.807, 2.05) is 32.3 Å². The molecule has 1 aromatic carbocycles. The molecule has 0 spiro atoms. The Morgan fingerprint density at radius 3 is 1.90 bits per heavy atom. The third-order valence-electron chi connectivity index (χ3n) is 3.64. The van der Waals surface area contributed by atoms with Crippen LogP contribution in [0.3, 0.4) is 0 Å². The maximum Gasteiger partial charge on any atom is 0.134 e. The number of benzene rings is 1. The molecule has 0 aromatic heterocycles. The monoisotopic (exact) mass is 272 g/mol. The maximum absolute atomic E-state index is 10.2. The highest BCUT2D eigenvalue weighted by atomic mass is 16.3. The van der Waals surface area contributed by atoms with Crippen LogP contribution >= 0.6 is 0 Å². The number of phenols is 1. The van der Waals surface area contributed by atoms with Crippen LogP contribution in [-0.4, -0.2) is 52.1 Å². The summed E-state index contributed by atoms with van der Waals surface area (Å²) in [5.41, 5.74) is 0.924. The summed E-state index contributed by atoms with van der Waals surface area (Å²) in [6.45, 7) is 1.63. The van der Waals surface area contributed by atoms with E-state index in [0.29, 0.717) is 5.75 Å². The van der Waals surface area contributed by atoms with Gasteiger partial charge in [-0.05, 0) is 6.07 Å². The van der Waals surface area contributed by atoms with Gasteiger partial charge in [-0.25, -0.2) is 0 Å². The van der Waals surface area contributed by atoms with Gasteiger partial charge in [0.25, 0.3) is 0 Å². The molecule has 1 N–H and O–H groups in total. The van der Waals surface area contributed by atoms with E-state index in [1.54, 1.807) is 6.07 Å². The van der Waals surface area contributed by atoms with Gasteiger partial charge in [-0.3, -0.25) is 0 Å². The van der Waals surface area contributed by atoms with Gasteiger partial charge in [0.15, 0.2) is 0 Å². The fraction of sp³-hybridized carbons (Fsp3) is 0.333. The SMILES string of the molecule is CN1C=CN(C(c2ccccc2O)N2C=CN(C)C2)C1. The molecule has 0 fully saturated rings. The number of rotatable bonds is 3. The van der Waals surface area contributed by atoms with Crippen molar-refractivity contribution in [2.24, 2.45) is 0 Å². The van der Waals surface area contributed by atoms with Crippen LogP contribution in [0.15, 0.2) is 49.1 Å². The summed E-state index contributed by atoms with van der Waals surface area (Å²) >= 11 is 0. The quantitative estimate of drug-likeness (QED) is 0.906. The molecule has 0 radical (unpaired) electrons. The van der Waals surface area contributed by atoms with Gasteiger partial charge in [0.2, 0.25) is 0 Å². The second-order valence-electron chi connectivity index (χ2n) is 5.35. The highest BCUT2D eigenvalue weighted by Crippen LogP contribution is 2.34. The predicted octanol–water partition coefficient (Wildman–Crippen LogP) is 1.74. The van der Waals surface area contributed by atoms with Gasteiger partial charge < -0.3 is 24.7 Å². The van der Waals surface area contributed by atoms with E-state index in [4.69, 9.17) is 0 Å². The molecule has 20 heavy (non-hydrogen) atoms. The number of phenolic OH excluding ortho intramolecular Hbond substituents is 1. The van der Waals surface area contributed by atoms with E-state index < -0.39 is 0 Å². The summed E-state index contributed by atoms with van der Waals surface area (Å²) in [5, 5.41) is 10.2. The standard InChI is InChI=1S/C15H20N4O/c1-16-7-9-18(11-16)15(19-10-8-17(2)12-19)13-5-3-4-6-14(13)20/h3-10,15,20H,11-12H2,1-2H3. The molecular formula is C15H20N4O.